The number of aromatic nitrogens is 9. The highest BCUT2D eigenvalue weighted by atomic mass is 16.5. The first-order chi connectivity index (χ1) is 11.8. The molecule has 0 aliphatic rings. The van der Waals surface area contributed by atoms with E-state index in [1.807, 2.05) is 19.1 Å². The van der Waals surface area contributed by atoms with Crippen LogP contribution >= 0.6 is 0 Å². The zero-order valence-corrected chi connectivity index (χ0v) is 12.8. The van der Waals surface area contributed by atoms with Gasteiger partial charge in [0.15, 0.2) is 5.65 Å². The first kappa shape index (κ1) is 14.2. The Bertz CT molecular complexity index is 950. The normalized spacial score (nSPS) is 12.4. The molecular weight excluding hydrogens is 310 g/mol. The summed E-state index contributed by atoms with van der Waals surface area (Å²) in [4.78, 5) is 4.17. The number of rotatable bonds is 5. The Morgan fingerprint density at radius 2 is 2.17 bits per heavy atom. The average molecular weight is 323 g/mol. The highest BCUT2D eigenvalue weighted by Gasteiger charge is 2.10. The van der Waals surface area contributed by atoms with Crippen molar-refractivity contribution in [3.63, 3.8) is 0 Å². The van der Waals surface area contributed by atoms with Gasteiger partial charge in [-0.15, -0.1) is 10.2 Å². The van der Waals surface area contributed by atoms with E-state index in [0.29, 0.717) is 23.7 Å². The molecule has 0 saturated carbocycles. The first-order valence-corrected chi connectivity index (χ1v) is 7.29. The Morgan fingerprint density at radius 1 is 1.21 bits per heavy atom. The second-order valence-electron chi connectivity index (χ2n) is 5.19. The minimum absolute atomic E-state index is 0.130. The second-order valence-corrected chi connectivity index (χ2v) is 5.19. The molecule has 0 aliphatic carbocycles. The molecule has 1 atom stereocenters. The van der Waals surface area contributed by atoms with E-state index in [1.54, 1.807) is 40.2 Å². The van der Waals surface area contributed by atoms with Gasteiger partial charge in [-0.3, -0.25) is 0 Å². The lowest BCUT2D eigenvalue weighted by atomic mass is 10.2. The molecule has 0 aliphatic heterocycles. The summed E-state index contributed by atoms with van der Waals surface area (Å²) in [5, 5.41) is 23.6. The van der Waals surface area contributed by atoms with Crippen LogP contribution in [0.25, 0.3) is 17.0 Å². The van der Waals surface area contributed by atoms with E-state index in [1.165, 1.54) is 0 Å². The summed E-state index contributed by atoms with van der Waals surface area (Å²) in [6, 6.07) is 5.52. The molecule has 120 valence electrons. The number of tetrazole rings is 1. The maximum absolute atomic E-state index is 5.86. The minimum atomic E-state index is -0.130. The summed E-state index contributed by atoms with van der Waals surface area (Å²) in [6.07, 6.45) is 6.45. The van der Waals surface area contributed by atoms with Crippen molar-refractivity contribution < 1.29 is 4.74 Å². The molecule has 0 aromatic carbocycles. The van der Waals surface area contributed by atoms with Gasteiger partial charge in [-0.05, 0) is 29.5 Å². The van der Waals surface area contributed by atoms with E-state index >= 15 is 0 Å². The lowest BCUT2D eigenvalue weighted by molar-refractivity contribution is 0.192. The van der Waals surface area contributed by atoms with Crippen molar-refractivity contribution in [3.8, 4) is 17.1 Å². The summed E-state index contributed by atoms with van der Waals surface area (Å²) < 4.78 is 9.15. The number of fused-ring (bicyclic) bond motifs is 1. The number of hydrogen-bond donors (Lipinski definition) is 0. The molecule has 10 heteroatoms. The fourth-order valence-corrected chi connectivity index (χ4v) is 2.29. The van der Waals surface area contributed by atoms with Crippen LogP contribution in [0.2, 0.25) is 0 Å². The van der Waals surface area contributed by atoms with Crippen LogP contribution in [0.4, 0.5) is 0 Å². The van der Waals surface area contributed by atoms with Gasteiger partial charge < -0.3 is 4.74 Å². The van der Waals surface area contributed by atoms with E-state index in [0.717, 1.165) is 5.65 Å². The van der Waals surface area contributed by atoms with Gasteiger partial charge in [-0.25, -0.2) is 14.2 Å². The molecule has 0 saturated heterocycles. The van der Waals surface area contributed by atoms with Crippen LogP contribution in [0, 0.1) is 0 Å². The molecule has 0 N–H and O–H groups in total. The summed E-state index contributed by atoms with van der Waals surface area (Å²) in [6.45, 7) is 2.46. The van der Waals surface area contributed by atoms with Crippen molar-refractivity contribution in [1.29, 1.82) is 0 Å². The van der Waals surface area contributed by atoms with Crippen molar-refractivity contribution in [1.82, 2.24) is 45.0 Å². The second kappa shape index (κ2) is 5.99. The monoisotopic (exact) mass is 323 g/mol. The van der Waals surface area contributed by atoms with Gasteiger partial charge in [0.05, 0.1) is 12.7 Å². The highest BCUT2D eigenvalue weighted by Crippen LogP contribution is 2.19. The van der Waals surface area contributed by atoms with Crippen LogP contribution in [0.15, 0.2) is 43.1 Å². The van der Waals surface area contributed by atoms with Gasteiger partial charge in [-0.1, -0.05) is 0 Å². The summed E-state index contributed by atoms with van der Waals surface area (Å²) in [5.74, 6) is 0.605. The van der Waals surface area contributed by atoms with Crippen molar-refractivity contribution in [3.05, 3.63) is 43.1 Å². The van der Waals surface area contributed by atoms with Crippen molar-refractivity contribution in [2.75, 3.05) is 0 Å². The Hall–Kier alpha value is -3.43. The van der Waals surface area contributed by atoms with E-state index in [9.17, 15) is 0 Å². The van der Waals surface area contributed by atoms with Crippen molar-refractivity contribution >= 4 is 5.65 Å². The lowest BCUT2D eigenvalue weighted by Crippen LogP contribution is -2.20. The molecule has 24 heavy (non-hydrogen) atoms. The lowest BCUT2D eigenvalue weighted by Gasteiger charge is -2.14. The number of nitrogens with zero attached hydrogens (tertiary/aromatic N) is 9. The summed E-state index contributed by atoms with van der Waals surface area (Å²) >= 11 is 0. The predicted molar refractivity (Wildman–Crippen MR) is 81.9 cm³/mol. The Balaban J connectivity index is 1.54. The van der Waals surface area contributed by atoms with Crippen molar-refractivity contribution in [2.45, 2.75) is 19.6 Å². The molecule has 0 spiro atoms. The van der Waals surface area contributed by atoms with E-state index in [-0.39, 0.29) is 6.10 Å². The number of hydrogen-bond acceptors (Lipinski definition) is 8. The molecule has 0 amide bonds. The quantitative estimate of drug-likeness (QED) is 0.526. The van der Waals surface area contributed by atoms with Gasteiger partial charge in [0.25, 0.3) is 0 Å². The predicted octanol–water partition coefficient (Wildman–Crippen LogP) is 0.640. The van der Waals surface area contributed by atoms with Crippen LogP contribution in [-0.2, 0) is 6.54 Å². The van der Waals surface area contributed by atoms with E-state index in [4.69, 9.17) is 4.74 Å². The molecule has 4 heterocycles. The zero-order valence-electron chi connectivity index (χ0n) is 12.8. The molecular formula is C14H13N9O. The van der Waals surface area contributed by atoms with Gasteiger partial charge in [-0.2, -0.15) is 10.2 Å². The smallest absolute Gasteiger partial charge is 0.153 e. The highest BCUT2D eigenvalue weighted by molar-refractivity contribution is 5.56. The molecule has 4 aromatic rings. The van der Waals surface area contributed by atoms with Gasteiger partial charge in [0.1, 0.15) is 29.6 Å². The zero-order chi connectivity index (χ0) is 16.4. The van der Waals surface area contributed by atoms with Gasteiger partial charge >= 0.3 is 0 Å². The fraction of sp³-hybridized carbons (Fsp3) is 0.214. The molecule has 0 fully saturated rings. The maximum atomic E-state index is 5.86. The van der Waals surface area contributed by atoms with Crippen LogP contribution < -0.4 is 4.74 Å². The number of ether oxygens (including phenoxy) is 1. The number of imidazole rings is 1. The molecule has 1 unspecified atom stereocenters. The van der Waals surface area contributed by atoms with E-state index in [2.05, 4.69) is 35.8 Å². The third kappa shape index (κ3) is 2.89. The first-order valence-electron chi connectivity index (χ1n) is 7.29. The average Bonchev–Trinajstić information content (AvgIpc) is 3.25. The SMILES string of the molecule is CC(Cn1cnnn1)Oc1cnnc(-c2ccc3nccn3n2)c1. The van der Waals surface area contributed by atoms with Crippen LogP contribution in [0.3, 0.4) is 0 Å². The third-order valence-electron chi connectivity index (χ3n) is 3.32. The standard InChI is InChI=1S/C14H13N9O/c1-10(8-22-9-17-20-21-22)24-11-6-13(18-16-7-11)12-2-3-14-15-4-5-23(14)19-12/h2-7,9-10H,8H2,1H3. The van der Waals surface area contributed by atoms with Gasteiger partial charge in [0.2, 0.25) is 0 Å². The molecule has 0 radical (unpaired) electrons. The largest absolute Gasteiger partial charge is 0.487 e. The summed E-state index contributed by atoms with van der Waals surface area (Å²) in [5.41, 5.74) is 2.08. The van der Waals surface area contributed by atoms with E-state index < -0.39 is 0 Å². The van der Waals surface area contributed by atoms with Crippen LogP contribution in [0.1, 0.15) is 6.92 Å². The molecule has 0 bridgehead atoms. The van der Waals surface area contributed by atoms with Gasteiger partial charge in [0, 0.05) is 18.5 Å². The summed E-state index contributed by atoms with van der Waals surface area (Å²) in [7, 11) is 0. The molecule has 4 aromatic heterocycles. The molecule has 4 rings (SSSR count). The molecule has 10 nitrogen and oxygen atoms in total. The fourth-order valence-electron chi connectivity index (χ4n) is 2.29. The topological polar surface area (TPSA) is 109 Å². The van der Waals surface area contributed by atoms with Crippen LogP contribution in [0.5, 0.6) is 5.75 Å². The van der Waals surface area contributed by atoms with Crippen molar-refractivity contribution in [2.24, 2.45) is 0 Å². The maximum Gasteiger partial charge on any atom is 0.153 e. The van der Waals surface area contributed by atoms with Crippen LogP contribution in [-0.4, -0.2) is 51.1 Å². The Morgan fingerprint density at radius 3 is 3.04 bits per heavy atom. The minimum Gasteiger partial charge on any atom is -0.487 e. The third-order valence-corrected chi connectivity index (χ3v) is 3.32. The Kier molecular flexibility index (Phi) is 3.54. The Labute approximate surface area is 136 Å².